The Hall–Kier alpha value is -2.71. The molecule has 2 heterocycles. The number of thiazole rings is 1. The maximum absolute atomic E-state index is 12.6. The molecule has 0 saturated heterocycles. The monoisotopic (exact) mass is 370 g/mol. The average molecular weight is 370 g/mol. The van der Waals surface area contributed by atoms with Gasteiger partial charge in [0, 0.05) is 18.8 Å². The largest absolute Gasteiger partial charge is 0.279 e. The molecule has 1 N–H and O–H groups in total. The molecular weight excluding hydrogens is 356 g/mol. The number of anilines is 1. The van der Waals surface area contributed by atoms with Crippen LogP contribution in [-0.4, -0.2) is 23.2 Å². The zero-order valence-corrected chi connectivity index (χ0v) is 14.9. The molecule has 25 heavy (non-hydrogen) atoms. The third-order valence-corrected chi connectivity index (χ3v) is 6.08. The highest BCUT2D eigenvalue weighted by Gasteiger charge is 2.19. The van der Waals surface area contributed by atoms with E-state index in [9.17, 15) is 8.42 Å². The van der Waals surface area contributed by atoms with Crippen LogP contribution in [0.3, 0.4) is 0 Å². The molecule has 0 aliphatic heterocycles. The maximum Gasteiger partial charge on any atom is 0.265 e. The summed E-state index contributed by atoms with van der Waals surface area (Å²) in [7, 11) is -2.03. The van der Waals surface area contributed by atoms with E-state index >= 15 is 0 Å². The Morgan fingerprint density at radius 2 is 1.84 bits per heavy atom. The lowest BCUT2D eigenvalue weighted by atomic mass is 10.2. The second kappa shape index (κ2) is 5.98. The van der Waals surface area contributed by atoms with Crippen LogP contribution < -0.4 is 4.72 Å². The van der Waals surface area contributed by atoms with Gasteiger partial charge >= 0.3 is 0 Å². The lowest BCUT2D eigenvalue weighted by Crippen LogP contribution is -2.13. The van der Waals surface area contributed by atoms with Gasteiger partial charge in [0.1, 0.15) is 9.90 Å². The van der Waals surface area contributed by atoms with Crippen LogP contribution in [0.5, 0.6) is 0 Å². The van der Waals surface area contributed by atoms with Gasteiger partial charge in [-0.1, -0.05) is 24.3 Å². The van der Waals surface area contributed by atoms with Crippen LogP contribution in [0, 0.1) is 0 Å². The fraction of sp³-hybridized carbons (Fsp3) is 0.0588. The summed E-state index contributed by atoms with van der Waals surface area (Å²) in [6, 6.07) is 15.1. The van der Waals surface area contributed by atoms with Crippen molar-refractivity contribution >= 4 is 37.3 Å². The fourth-order valence-corrected chi connectivity index (χ4v) is 4.55. The van der Waals surface area contributed by atoms with Gasteiger partial charge < -0.3 is 0 Å². The summed E-state index contributed by atoms with van der Waals surface area (Å²) in [5.41, 5.74) is 2.13. The first-order valence-electron chi connectivity index (χ1n) is 7.49. The number of sulfonamides is 1. The van der Waals surface area contributed by atoms with Crippen molar-refractivity contribution in [1.29, 1.82) is 0 Å². The summed E-state index contributed by atoms with van der Waals surface area (Å²) in [6.45, 7) is 0. The SMILES string of the molecule is Cn1cc(S(=O)(=O)Nc2ccccc2-c2nc3ccccc3s2)cn1. The molecule has 126 valence electrons. The van der Waals surface area contributed by atoms with E-state index in [2.05, 4.69) is 14.8 Å². The quantitative estimate of drug-likeness (QED) is 0.596. The molecular formula is C17H14N4O2S2. The number of nitrogens with one attached hydrogen (secondary N) is 1. The van der Waals surface area contributed by atoms with Crippen LogP contribution in [0.1, 0.15) is 0 Å². The molecule has 2 aromatic heterocycles. The summed E-state index contributed by atoms with van der Waals surface area (Å²) in [5, 5.41) is 4.69. The van der Waals surface area contributed by atoms with E-state index in [0.717, 1.165) is 20.8 Å². The van der Waals surface area contributed by atoms with Crippen molar-refractivity contribution in [2.45, 2.75) is 4.90 Å². The molecule has 4 rings (SSSR count). The van der Waals surface area contributed by atoms with Crippen LogP contribution in [-0.2, 0) is 17.1 Å². The molecule has 0 bridgehead atoms. The van der Waals surface area contributed by atoms with E-state index in [4.69, 9.17) is 0 Å². The molecule has 0 spiro atoms. The van der Waals surface area contributed by atoms with Crippen molar-refractivity contribution in [3.05, 3.63) is 60.9 Å². The number of benzene rings is 2. The van der Waals surface area contributed by atoms with E-state index in [1.807, 2.05) is 36.4 Å². The highest BCUT2D eigenvalue weighted by Crippen LogP contribution is 2.35. The number of aromatic nitrogens is 3. The normalized spacial score (nSPS) is 11.7. The van der Waals surface area contributed by atoms with Crippen LogP contribution in [0.15, 0.2) is 65.8 Å². The number of hydrogen-bond acceptors (Lipinski definition) is 5. The van der Waals surface area contributed by atoms with Crippen LogP contribution >= 0.6 is 11.3 Å². The van der Waals surface area contributed by atoms with E-state index in [-0.39, 0.29) is 4.90 Å². The predicted octanol–water partition coefficient (Wildman–Crippen LogP) is 3.50. The van der Waals surface area contributed by atoms with Gasteiger partial charge in [0.2, 0.25) is 0 Å². The van der Waals surface area contributed by atoms with Crippen molar-refractivity contribution < 1.29 is 8.42 Å². The van der Waals surface area contributed by atoms with Crippen molar-refractivity contribution in [3.63, 3.8) is 0 Å². The van der Waals surface area contributed by atoms with Gasteiger partial charge in [-0.2, -0.15) is 5.10 Å². The van der Waals surface area contributed by atoms with Gasteiger partial charge in [-0.25, -0.2) is 13.4 Å². The molecule has 0 amide bonds. The second-order valence-corrected chi connectivity index (χ2v) is 8.20. The van der Waals surface area contributed by atoms with Gasteiger partial charge in [0.05, 0.1) is 22.1 Å². The first-order chi connectivity index (χ1) is 12.0. The lowest BCUT2D eigenvalue weighted by molar-refractivity contribution is 0.601. The van der Waals surface area contributed by atoms with Crippen LogP contribution in [0.2, 0.25) is 0 Å². The molecule has 0 fully saturated rings. The van der Waals surface area contributed by atoms with Crippen molar-refractivity contribution in [1.82, 2.24) is 14.8 Å². The summed E-state index contributed by atoms with van der Waals surface area (Å²) in [6.07, 6.45) is 2.78. The fourth-order valence-electron chi connectivity index (χ4n) is 2.49. The van der Waals surface area contributed by atoms with Crippen LogP contribution in [0.25, 0.3) is 20.8 Å². The Balaban J connectivity index is 1.77. The Kier molecular flexibility index (Phi) is 3.78. The van der Waals surface area contributed by atoms with Gasteiger partial charge in [0.15, 0.2) is 0 Å². The van der Waals surface area contributed by atoms with Gasteiger partial charge in [-0.05, 0) is 24.3 Å². The second-order valence-electron chi connectivity index (χ2n) is 5.49. The first kappa shape index (κ1) is 15.8. The zero-order chi connectivity index (χ0) is 17.4. The number of para-hydroxylation sites is 2. The summed E-state index contributed by atoms with van der Waals surface area (Å²) < 4.78 is 30.3. The molecule has 0 saturated carbocycles. The number of rotatable bonds is 4. The maximum atomic E-state index is 12.6. The third kappa shape index (κ3) is 3.01. The average Bonchev–Trinajstić information content (AvgIpc) is 3.21. The Morgan fingerprint density at radius 1 is 1.08 bits per heavy atom. The standard InChI is InChI=1S/C17H14N4O2S2/c1-21-11-12(10-18-21)25(22,23)20-14-7-3-2-6-13(14)17-19-15-8-4-5-9-16(15)24-17/h2-11,20H,1H3. The lowest BCUT2D eigenvalue weighted by Gasteiger charge is -2.10. The van der Waals surface area contributed by atoms with Crippen molar-refractivity contribution in [2.75, 3.05) is 4.72 Å². The highest BCUT2D eigenvalue weighted by molar-refractivity contribution is 7.92. The molecule has 4 aromatic rings. The summed E-state index contributed by atoms with van der Waals surface area (Å²) >= 11 is 1.53. The molecule has 0 aliphatic rings. The minimum absolute atomic E-state index is 0.120. The van der Waals surface area contributed by atoms with Crippen LogP contribution in [0.4, 0.5) is 5.69 Å². The molecule has 0 radical (unpaired) electrons. The molecule has 0 atom stereocenters. The number of fused-ring (bicyclic) bond motifs is 1. The molecule has 8 heteroatoms. The number of nitrogens with zero attached hydrogens (tertiary/aromatic N) is 3. The summed E-state index contributed by atoms with van der Waals surface area (Å²) in [5.74, 6) is 0. The Labute approximate surface area is 148 Å². The van der Waals surface area contributed by atoms with E-state index in [1.165, 1.54) is 28.4 Å². The third-order valence-electron chi connectivity index (χ3n) is 3.69. The number of hydrogen-bond donors (Lipinski definition) is 1. The van der Waals surface area contributed by atoms with Crippen molar-refractivity contribution in [2.24, 2.45) is 7.05 Å². The highest BCUT2D eigenvalue weighted by atomic mass is 32.2. The Bertz CT molecular complexity index is 1130. The van der Waals surface area contributed by atoms with Gasteiger partial charge in [-0.15, -0.1) is 11.3 Å². The minimum Gasteiger partial charge on any atom is -0.279 e. The number of aryl methyl sites for hydroxylation is 1. The summed E-state index contributed by atoms with van der Waals surface area (Å²) in [4.78, 5) is 4.74. The predicted molar refractivity (Wildman–Crippen MR) is 99.1 cm³/mol. The topological polar surface area (TPSA) is 76.9 Å². The molecule has 2 aromatic carbocycles. The van der Waals surface area contributed by atoms with E-state index < -0.39 is 10.0 Å². The Morgan fingerprint density at radius 3 is 2.60 bits per heavy atom. The van der Waals surface area contributed by atoms with Gasteiger partial charge in [-0.3, -0.25) is 9.40 Å². The van der Waals surface area contributed by atoms with E-state index in [1.54, 1.807) is 19.2 Å². The zero-order valence-electron chi connectivity index (χ0n) is 13.2. The first-order valence-corrected chi connectivity index (χ1v) is 9.79. The van der Waals surface area contributed by atoms with Crippen molar-refractivity contribution in [3.8, 4) is 10.6 Å². The smallest absolute Gasteiger partial charge is 0.265 e. The van der Waals surface area contributed by atoms with Gasteiger partial charge in [0.25, 0.3) is 10.0 Å². The molecule has 0 unspecified atom stereocenters. The molecule has 6 nitrogen and oxygen atoms in total. The van der Waals surface area contributed by atoms with E-state index in [0.29, 0.717) is 5.69 Å². The molecule has 0 aliphatic carbocycles. The minimum atomic E-state index is -3.71.